The number of carbonyl (C=O) groups excluding carboxylic acids is 1. The van der Waals surface area contributed by atoms with Crippen LogP contribution < -0.4 is 10.6 Å². The predicted octanol–water partition coefficient (Wildman–Crippen LogP) is 3.13. The maximum atomic E-state index is 12.8. The van der Waals surface area contributed by atoms with E-state index < -0.39 is 0 Å². The van der Waals surface area contributed by atoms with Crippen LogP contribution in [0.25, 0.3) is 0 Å². The molecule has 5 heteroatoms. The number of nitrogens with zero attached hydrogens (tertiary/aromatic N) is 1. The molecule has 0 aromatic heterocycles. The maximum Gasteiger partial charge on any atom is 0.241 e. The van der Waals surface area contributed by atoms with Gasteiger partial charge in [0.1, 0.15) is 0 Å². The number of hydrogen-bond donors (Lipinski definition) is 2. The molecule has 2 fully saturated rings. The first kappa shape index (κ1) is 19.9. The molecule has 1 aromatic rings. The Morgan fingerprint density at radius 1 is 1.11 bits per heavy atom. The van der Waals surface area contributed by atoms with Crippen molar-refractivity contribution in [3.8, 4) is 0 Å². The summed E-state index contributed by atoms with van der Waals surface area (Å²) in [4.78, 5) is 15.4. The summed E-state index contributed by atoms with van der Waals surface area (Å²) in [7, 11) is 0. The Morgan fingerprint density at radius 3 is 2.64 bits per heavy atom. The van der Waals surface area contributed by atoms with E-state index in [0.29, 0.717) is 0 Å². The topological polar surface area (TPSA) is 53.6 Å². The fraction of sp³-hybridized carbons (Fsp3) is 0.696. The lowest BCUT2D eigenvalue weighted by Gasteiger charge is -2.48. The second kappa shape index (κ2) is 8.93. The summed E-state index contributed by atoms with van der Waals surface area (Å²) < 4.78 is 5.57. The zero-order chi connectivity index (χ0) is 19.4. The second-order valence-corrected chi connectivity index (χ2v) is 8.81. The molecule has 1 aromatic carbocycles. The number of anilines is 1. The molecule has 0 bridgehead atoms. The van der Waals surface area contributed by atoms with Crippen LogP contribution in [0.4, 0.5) is 5.69 Å². The summed E-state index contributed by atoms with van der Waals surface area (Å²) in [5.41, 5.74) is 3.95. The van der Waals surface area contributed by atoms with E-state index in [2.05, 4.69) is 27.7 Å². The first-order valence-electron chi connectivity index (χ1n) is 11.2. The van der Waals surface area contributed by atoms with Gasteiger partial charge in [0.05, 0.1) is 19.3 Å². The molecule has 0 radical (unpaired) electrons. The van der Waals surface area contributed by atoms with E-state index >= 15 is 0 Å². The number of nitrogens with one attached hydrogen (secondary N) is 2. The maximum absolute atomic E-state index is 12.8. The number of ether oxygens (including phenoxy) is 1. The number of benzene rings is 1. The first-order valence-corrected chi connectivity index (χ1v) is 11.2. The highest BCUT2D eigenvalue weighted by atomic mass is 16.5. The molecule has 1 aliphatic heterocycles. The quantitative estimate of drug-likeness (QED) is 0.790. The number of aryl methyl sites for hydroxylation is 2. The number of carbonyl (C=O) groups is 1. The highest BCUT2D eigenvalue weighted by Crippen LogP contribution is 2.34. The highest BCUT2D eigenvalue weighted by Gasteiger charge is 2.38. The number of rotatable bonds is 6. The van der Waals surface area contributed by atoms with Crippen LogP contribution in [0.15, 0.2) is 18.2 Å². The molecule has 2 aliphatic carbocycles. The lowest BCUT2D eigenvalue weighted by atomic mass is 9.79. The molecule has 1 saturated heterocycles. The molecule has 5 nitrogen and oxygen atoms in total. The van der Waals surface area contributed by atoms with Crippen molar-refractivity contribution < 1.29 is 9.53 Å². The SMILES string of the molecule is CC(NCC1(N2CCOCC2)CCCCC1)C(=O)Nc1ccc2c(c1)CCC2. The smallest absolute Gasteiger partial charge is 0.241 e. The molecule has 1 unspecified atom stereocenters. The van der Waals surface area contributed by atoms with Gasteiger partial charge < -0.3 is 15.4 Å². The lowest BCUT2D eigenvalue weighted by molar-refractivity contribution is -0.118. The van der Waals surface area contributed by atoms with Crippen LogP contribution in [0.2, 0.25) is 0 Å². The zero-order valence-electron chi connectivity index (χ0n) is 17.3. The van der Waals surface area contributed by atoms with Crippen LogP contribution in [-0.4, -0.2) is 55.2 Å². The van der Waals surface area contributed by atoms with Crippen molar-refractivity contribution in [3.05, 3.63) is 29.3 Å². The monoisotopic (exact) mass is 385 g/mol. The van der Waals surface area contributed by atoms with Crippen LogP contribution >= 0.6 is 0 Å². The van der Waals surface area contributed by atoms with Crippen molar-refractivity contribution >= 4 is 11.6 Å². The lowest BCUT2D eigenvalue weighted by Crippen LogP contribution is -2.60. The van der Waals surface area contributed by atoms with Gasteiger partial charge in [-0.1, -0.05) is 25.3 Å². The second-order valence-electron chi connectivity index (χ2n) is 8.81. The summed E-state index contributed by atoms with van der Waals surface area (Å²) in [5.74, 6) is 0.0610. The van der Waals surface area contributed by atoms with E-state index in [-0.39, 0.29) is 17.5 Å². The average molecular weight is 386 g/mol. The van der Waals surface area contributed by atoms with Crippen LogP contribution in [0.3, 0.4) is 0 Å². The molecule has 0 spiro atoms. The fourth-order valence-electron chi connectivity index (χ4n) is 5.19. The van der Waals surface area contributed by atoms with Gasteiger partial charge in [-0.25, -0.2) is 0 Å². The summed E-state index contributed by atoms with van der Waals surface area (Å²) in [6.07, 6.45) is 9.89. The molecule has 1 saturated carbocycles. The average Bonchev–Trinajstić information content (AvgIpc) is 3.21. The van der Waals surface area contributed by atoms with E-state index in [4.69, 9.17) is 4.74 Å². The predicted molar refractivity (Wildman–Crippen MR) is 113 cm³/mol. The Balaban J connectivity index is 1.35. The molecular formula is C23H35N3O2. The Bertz CT molecular complexity index is 678. The minimum Gasteiger partial charge on any atom is -0.379 e. The van der Waals surface area contributed by atoms with Crippen LogP contribution in [0.5, 0.6) is 0 Å². The minimum atomic E-state index is -0.201. The van der Waals surface area contributed by atoms with E-state index in [1.54, 1.807) is 0 Å². The van der Waals surface area contributed by atoms with E-state index in [1.165, 1.54) is 56.1 Å². The Morgan fingerprint density at radius 2 is 1.86 bits per heavy atom. The molecule has 1 heterocycles. The van der Waals surface area contributed by atoms with Crippen LogP contribution in [0.1, 0.15) is 56.6 Å². The first-order chi connectivity index (χ1) is 13.7. The minimum absolute atomic E-state index is 0.0610. The van der Waals surface area contributed by atoms with Gasteiger partial charge in [-0.05, 0) is 62.3 Å². The summed E-state index contributed by atoms with van der Waals surface area (Å²) in [5, 5.41) is 6.68. The molecule has 154 valence electrons. The molecule has 2 N–H and O–H groups in total. The Kier molecular flexibility index (Phi) is 6.34. The van der Waals surface area contributed by atoms with Crippen LogP contribution in [-0.2, 0) is 22.4 Å². The Labute approximate surface area is 169 Å². The number of amides is 1. The van der Waals surface area contributed by atoms with Gasteiger partial charge in [0.15, 0.2) is 0 Å². The zero-order valence-corrected chi connectivity index (χ0v) is 17.3. The third-order valence-electron chi connectivity index (χ3n) is 6.96. The van der Waals surface area contributed by atoms with Gasteiger partial charge in [0.2, 0.25) is 5.91 Å². The molecule has 28 heavy (non-hydrogen) atoms. The van der Waals surface area contributed by atoms with Gasteiger partial charge in [0.25, 0.3) is 0 Å². The standard InChI is InChI=1S/C23H35N3O2/c1-18(22(27)25-21-9-8-19-6-5-7-20(19)16-21)24-17-23(10-3-2-4-11-23)26-12-14-28-15-13-26/h8-9,16,18,24H,2-7,10-15,17H2,1H3,(H,25,27). The third kappa shape index (κ3) is 4.42. The van der Waals surface area contributed by atoms with E-state index in [9.17, 15) is 4.79 Å². The molecule has 1 atom stereocenters. The van der Waals surface area contributed by atoms with Crippen molar-refractivity contribution in [1.82, 2.24) is 10.2 Å². The number of hydrogen-bond acceptors (Lipinski definition) is 4. The van der Waals surface area contributed by atoms with Crippen molar-refractivity contribution in [2.75, 3.05) is 38.2 Å². The van der Waals surface area contributed by atoms with Gasteiger partial charge in [-0.3, -0.25) is 9.69 Å². The molecular weight excluding hydrogens is 350 g/mol. The molecule has 1 amide bonds. The fourth-order valence-corrected chi connectivity index (χ4v) is 5.19. The highest BCUT2D eigenvalue weighted by molar-refractivity contribution is 5.94. The third-order valence-corrected chi connectivity index (χ3v) is 6.96. The normalized spacial score (nSPS) is 23.2. The van der Waals surface area contributed by atoms with Gasteiger partial charge in [0, 0.05) is 30.9 Å². The van der Waals surface area contributed by atoms with Gasteiger partial charge in [-0.15, -0.1) is 0 Å². The Hall–Kier alpha value is -1.43. The number of fused-ring (bicyclic) bond motifs is 1. The van der Waals surface area contributed by atoms with Gasteiger partial charge in [-0.2, -0.15) is 0 Å². The summed E-state index contributed by atoms with van der Waals surface area (Å²) in [6.45, 7) is 6.55. The van der Waals surface area contributed by atoms with Crippen molar-refractivity contribution in [1.29, 1.82) is 0 Å². The summed E-state index contributed by atoms with van der Waals surface area (Å²) >= 11 is 0. The van der Waals surface area contributed by atoms with Crippen molar-refractivity contribution in [2.45, 2.75) is 69.9 Å². The largest absolute Gasteiger partial charge is 0.379 e. The molecule has 4 rings (SSSR count). The summed E-state index contributed by atoms with van der Waals surface area (Å²) in [6, 6.07) is 6.17. The van der Waals surface area contributed by atoms with Crippen molar-refractivity contribution in [2.24, 2.45) is 0 Å². The van der Waals surface area contributed by atoms with E-state index in [1.807, 2.05) is 13.0 Å². The van der Waals surface area contributed by atoms with E-state index in [0.717, 1.165) is 45.0 Å². The van der Waals surface area contributed by atoms with Crippen LogP contribution in [0, 0.1) is 0 Å². The molecule has 3 aliphatic rings. The number of morpholine rings is 1. The van der Waals surface area contributed by atoms with Crippen molar-refractivity contribution in [3.63, 3.8) is 0 Å². The van der Waals surface area contributed by atoms with Gasteiger partial charge >= 0.3 is 0 Å².